The van der Waals surface area contributed by atoms with Crippen molar-refractivity contribution in [3.8, 4) is 16.9 Å². The highest BCUT2D eigenvalue weighted by Crippen LogP contribution is 2.57. The van der Waals surface area contributed by atoms with E-state index >= 15 is 0 Å². The van der Waals surface area contributed by atoms with E-state index in [1.165, 1.54) is 50.1 Å². The SMILES string of the molecule is CCNCCOCCCCc1ccc(C2(c3ccc(OCCCCCN(C)C)c(C(=O)OCC)c3)c3cc(C)ccc3-c3ccc(C)cc32)cc1C. The number of unbranched alkanes of at least 4 members (excludes halogenated alkanes) is 3. The molecule has 1 aliphatic rings. The summed E-state index contributed by atoms with van der Waals surface area (Å²) in [5, 5.41) is 3.31. The molecule has 0 bridgehead atoms. The van der Waals surface area contributed by atoms with E-state index in [2.05, 4.69) is 113 Å². The summed E-state index contributed by atoms with van der Waals surface area (Å²) in [5.74, 6) is 0.222. The summed E-state index contributed by atoms with van der Waals surface area (Å²) in [6, 6.07) is 26.9. The van der Waals surface area contributed by atoms with Gasteiger partial charge in [-0.25, -0.2) is 4.79 Å². The van der Waals surface area contributed by atoms with Crippen LogP contribution >= 0.6 is 0 Å². The Hall–Kier alpha value is -3.97. The minimum atomic E-state index is -0.641. The van der Waals surface area contributed by atoms with Crippen LogP contribution in [0.25, 0.3) is 11.1 Å². The first-order valence-electron chi connectivity index (χ1n) is 19.4. The molecule has 0 aliphatic heterocycles. The lowest BCUT2D eigenvalue weighted by Crippen LogP contribution is -2.29. The number of carbonyl (C=O) groups excluding carboxylic acids is 1. The molecule has 5 rings (SSSR count). The minimum Gasteiger partial charge on any atom is -0.493 e. The van der Waals surface area contributed by atoms with Crippen molar-refractivity contribution in [3.05, 3.63) is 123 Å². The van der Waals surface area contributed by atoms with E-state index in [-0.39, 0.29) is 5.97 Å². The van der Waals surface area contributed by atoms with Crippen LogP contribution in [0.5, 0.6) is 5.75 Å². The van der Waals surface area contributed by atoms with Gasteiger partial charge in [0.15, 0.2) is 0 Å². The van der Waals surface area contributed by atoms with E-state index in [0.717, 1.165) is 76.9 Å². The van der Waals surface area contributed by atoms with E-state index in [9.17, 15) is 4.79 Å². The second kappa shape index (κ2) is 18.7. The number of esters is 1. The summed E-state index contributed by atoms with van der Waals surface area (Å²) in [7, 11) is 4.20. The standard InChI is InChI=1S/C46H60N2O4/c1-8-47-24-28-50-26-14-11-15-36-18-19-37(31-35(36)5)46(42-29-33(3)16-21-39(42)40-22-17-34(4)30-43(40)46)38-20-23-44(41(32-38)45(49)51-9-2)52-27-13-10-12-25-48(6)7/h16-23,29-32,47H,8-15,24-28H2,1-7H3. The van der Waals surface area contributed by atoms with Crippen LogP contribution in [0.15, 0.2) is 72.8 Å². The van der Waals surface area contributed by atoms with Gasteiger partial charge in [0.25, 0.3) is 0 Å². The third-order valence-electron chi connectivity index (χ3n) is 10.3. The second-order valence-electron chi connectivity index (χ2n) is 14.6. The zero-order valence-electron chi connectivity index (χ0n) is 32.7. The molecule has 0 fully saturated rings. The Balaban J connectivity index is 1.56. The number of hydrogen-bond acceptors (Lipinski definition) is 6. The highest BCUT2D eigenvalue weighted by Gasteiger charge is 2.47. The maximum atomic E-state index is 13.7. The van der Waals surface area contributed by atoms with Gasteiger partial charge in [0.2, 0.25) is 0 Å². The Labute approximate surface area is 312 Å². The first kappa shape index (κ1) is 39.2. The Morgan fingerprint density at radius 2 is 1.40 bits per heavy atom. The Morgan fingerprint density at radius 1 is 0.731 bits per heavy atom. The third-order valence-corrected chi connectivity index (χ3v) is 10.3. The molecule has 4 aromatic rings. The number of ether oxygens (including phenoxy) is 3. The molecule has 6 nitrogen and oxygen atoms in total. The van der Waals surface area contributed by atoms with E-state index < -0.39 is 5.41 Å². The number of nitrogens with one attached hydrogen (secondary N) is 1. The Morgan fingerprint density at radius 3 is 2.06 bits per heavy atom. The van der Waals surface area contributed by atoms with Crippen molar-refractivity contribution in [1.82, 2.24) is 10.2 Å². The fourth-order valence-electron chi connectivity index (χ4n) is 7.64. The van der Waals surface area contributed by atoms with Gasteiger partial charge < -0.3 is 24.4 Å². The number of aryl methyl sites for hydroxylation is 4. The molecule has 4 aromatic carbocycles. The first-order chi connectivity index (χ1) is 25.2. The zero-order valence-corrected chi connectivity index (χ0v) is 32.7. The fourth-order valence-corrected chi connectivity index (χ4v) is 7.64. The molecular weight excluding hydrogens is 645 g/mol. The number of carbonyl (C=O) groups is 1. The van der Waals surface area contributed by atoms with E-state index in [1.807, 2.05) is 19.1 Å². The lowest BCUT2D eigenvalue weighted by Gasteiger charge is -2.35. The molecule has 278 valence electrons. The number of nitrogens with zero attached hydrogens (tertiary/aromatic N) is 1. The summed E-state index contributed by atoms with van der Waals surface area (Å²) >= 11 is 0. The average molecular weight is 705 g/mol. The summed E-state index contributed by atoms with van der Waals surface area (Å²) in [6.45, 7) is 15.9. The average Bonchev–Trinajstić information content (AvgIpc) is 3.40. The van der Waals surface area contributed by atoms with E-state index in [1.54, 1.807) is 0 Å². The second-order valence-corrected chi connectivity index (χ2v) is 14.6. The predicted molar refractivity (Wildman–Crippen MR) is 214 cm³/mol. The summed E-state index contributed by atoms with van der Waals surface area (Å²) in [4.78, 5) is 15.9. The van der Waals surface area contributed by atoms with Gasteiger partial charge in [-0.3, -0.25) is 0 Å². The normalized spacial score (nSPS) is 12.9. The molecular formula is C46H60N2O4. The Kier molecular flexibility index (Phi) is 14.1. The van der Waals surface area contributed by atoms with E-state index in [0.29, 0.717) is 24.5 Å². The van der Waals surface area contributed by atoms with Crippen molar-refractivity contribution >= 4 is 5.97 Å². The molecule has 0 atom stereocenters. The van der Waals surface area contributed by atoms with Gasteiger partial charge in [0, 0.05) is 13.2 Å². The predicted octanol–water partition coefficient (Wildman–Crippen LogP) is 9.21. The van der Waals surface area contributed by atoms with Gasteiger partial charge in [-0.2, -0.15) is 0 Å². The van der Waals surface area contributed by atoms with E-state index in [4.69, 9.17) is 14.2 Å². The van der Waals surface area contributed by atoms with Crippen molar-refractivity contribution in [2.45, 2.75) is 78.6 Å². The lowest BCUT2D eigenvalue weighted by atomic mass is 9.66. The molecule has 0 aromatic heterocycles. The molecule has 0 saturated carbocycles. The monoisotopic (exact) mass is 704 g/mol. The van der Waals surface area contributed by atoms with Crippen molar-refractivity contribution in [3.63, 3.8) is 0 Å². The topological polar surface area (TPSA) is 60.0 Å². The molecule has 1 N–H and O–H groups in total. The van der Waals surface area contributed by atoms with Gasteiger partial charge >= 0.3 is 5.97 Å². The maximum absolute atomic E-state index is 13.7. The molecule has 0 heterocycles. The zero-order chi connectivity index (χ0) is 37.1. The lowest BCUT2D eigenvalue weighted by molar-refractivity contribution is 0.0521. The molecule has 0 amide bonds. The van der Waals surface area contributed by atoms with Crippen LogP contribution in [-0.4, -0.2) is 71.0 Å². The number of likely N-dealkylation sites (N-methyl/N-ethyl adjacent to an activating group) is 1. The highest BCUT2D eigenvalue weighted by molar-refractivity contribution is 5.94. The quantitative estimate of drug-likeness (QED) is 0.0644. The maximum Gasteiger partial charge on any atom is 0.341 e. The van der Waals surface area contributed by atoms with Gasteiger partial charge in [-0.1, -0.05) is 78.7 Å². The van der Waals surface area contributed by atoms with Gasteiger partial charge in [-0.15, -0.1) is 0 Å². The largest absolute Gasteiger partial charge is 0.493 e. The van der Waals surface area contributed by atoms with Gasteiger partial charge in [-0.05, 0) is 150 Å². The smallest absolute Gasteiger partial charge is 0.341 e. The third kappa shape index (κ3) is 8.97. The molecule has 1 aliphatic carbocycles. The number of rotatable bonds is 20. The number of hydrogen-bond donors (Lipinski definition) is 1. The Bertz CT molecular complexity index is 1740. The molecule has 52 heavy (non-hydrogen) atoms. The van der Waals surface area contributed by atoms with Crippen molar-refractivity contribution in [2.24, 2.45) is 0 Å². The summed E-state index contributed by atoms with van der Waals surface area (Å²) in [5.41, 5.74) is 12.0. The van der Waals surface area contributed by atoms with Crippen LogP contribution in [0.3, 0.4) is 0 Å². The minimum absolute atomic E-state index is 0.297. The van der Waals surface area contributed by atoms with Gasteiger partial charge in [0.05, 0.1) is 25.2 Å². The van der Waals surface area contributed by atoms with Crippen molar-refractivity contribution in [1.29, 1.82) is 0 Å². The van der Waals surface area contributed by atoms with Crippen molar-refractivity contribution in [2.75, 3.05) is 60.2 Å². The number of fused-ring (bicyclic) bond motifs is 3. The highest BCUT2D eigenvalue weighted by atomic mass is 16.5. The molecule has 0 saturated heterocycles. The molecule has 0 spiro atoms. The number of benzene rings is 4. The summed E-state index contributed by atoms with van der Waals surface area (Å²) in [6.07, 6.45) is 6.24. The molecule has 0 unspecified atom stereocenters. The van der Waals surface area contributed by atoms with Crippen LogP contribution in [0, 0.1) is 20.8 Å². The van der Waals surface area contributed by atoms with Gasteiger partial charge in [0.1, 0.15) is 11.3 Å². The van der Waals surface area contributed by atoms with Crippen LogP contribution in [-0.2, 0) is 21.3 Å². The van der Waals surface area contributed by atoms with Crippen LogP contribution < -0.4 is 10.1 Å². The summed E-state index contributed by atoms with van der Waals surface area (Å²) < 4.78 is 17.8. The van der Waals surface area contributed by atoms with Crippen LogP contribution in [0.4, 0.5) is 0 Å². The first-order valence-corrected chi connectivity index (χ1v) is 19.4. The molecule has 0 radical (unpaired) electrons. The van der Waals surface area contributed by atoms with Crippen LogP contribution in [0.1, 0.15) is 101 Å². The fraction of sp³-hybridized carbons (Fsp3) is 0.457. The molecule has 6 heteroatoms. The van der Waals surface area contributed by atoms with Crippen LogP contribution in [0.2, 0.25) is 0 Å². The van der Waals surface area contributed by atoms with Crippen molar-refractivity contribution < 1.29 is 19.0 Å².